The van der Waals surface area contributed by atoms with Crippen LogP contribution in [0.25, 0.3) is 0 Å². The highest BCUT2D eigenvalue weighted by Gasteiger charge is 2.24. The van der Waals surface area contributed by atoms with Crippen molar-refractivity contribution in [3.05, 3.63) is 34.4 Å². The zero-order valence-corrected chi connectivity index (χ0v) is 20.5. The van der Waals surface area contributed by atoms with Crippen molar-refractivity contribution in [2.75, 3.05) is 6.61 Å². The molecule has 0 saturated carbocycles. The Morgan fingerprint density at radius 2 is 1.21 bits per heavy atom. The van der Waals surface area contributed by atoms with Crippen LogP contribution in [0.15, 0.2) is 12.1 Å². The smallest absolute Gasteiger partial charge is 0.339 e. The summed E-state index contributed by atoms with van der Waals surface area (Å²) in [6, 6.07) is 2.52. The Balaban J connectivity index is 2.77. The number of carboxylic acid groups (broad SMARTS) is 2. The molecule has 0 spiro atoms. The Hall–Kier alpha value is -2.37. The van der Waals surface area contributed by atoms with Gasteiger partial charge in [0.25, 0.3) is 0 Å². The molecule has 6 nitrogen and oxygen atoms in total. The lowest BCUT2D eigenvalue weighted by Gasteiger charge is -2.13. The van der Waals surface area contributed by atoms with E-state index in [0.29, 0.717) is 18.4 Å². The number of ether oxygens (including phenoxy) is 1. The Labute approximate surface area is 198 Å². The summed E-state index contributed by atoms with van der Waals surface area (Å²) < 4.78 is 5.31. The first kappa shape index (κ1) is 28.7. The molecule has 33 heavy (non-hydrogen) atoms. The van der Waals surface area contributed by atoms with Crippen LogP contribution in [0.1, 0.15) is 140 Å². The number of rotatable bonds is 19. The van der Waals surface area contributed by atoms with Crippen LogP contribution in [0.3, 0.4) is 0 Å². The van der Waals surface area contributed by atoms with Crippen molar-refractivity contribution in [2.24, 2.45) is 0 Å². The van der Waals surface area contributed by atoms with Gasteiger partial charge >= 0.3 is 17.9 Å². The molecule has 1 aromatic carbocycles. The van der Waals surface area contributed by atoms with Gasteiger partial charge in [-0.1, -0.05) is 90.9 Å². The summed E-state index contributed by atoms with van der Waals surface area (Å²) in [4.78, 5) is 36.2. The maximum absolute atomic E-state index is 12.7. The van der Waals surface area contributed by atoms with E-state index in [-0.39, 0.29) is 23.3 Å². The van der Waals surface area contributed by atoms with Gasteiger partial charge in [-0.2, -0.15) is 0 Å². The molecule has 0 amide bonds. The second-order valence-corrected chi connectivity index (χ2v) is 8.80. The fourth-order valence-electron chi connectivity index (χ4n) is 4.01. The lowest BCUT2D eigenvalue weighted by Crippen LogP contribution is -2.17. The molecule has 1 aromatic rings. The van der Waals surface area contributed by atoms with Crippen LogP contribution in [-0.2, 0) is 11.2 Å². The minimum atomic E-state index is -1.23. The van der Waals surface area contributed by atoms with Crippen molar-refractivity contribution < 1.29 is 29.3 Å². The third-order valence-electron chi connectivity index (χ3n) is 5.93. The number of hydrogen-bond donors (Lipinski definition) is 2. The second-order valence-electron chi connectivity index (χ2n) is 8.80. The molecule has 0 radical (unpaired) electrons. The van der Waals surface area contributed by atoms with Crippen LogP contribution >= 0.6 is 0 Å². The Bertz CT molecular complexity index is 740. The molecular formula is C27H42O6. The average molecular weight is 463 g/mol. The van der Waals surface area contributed by atoms with Gasteiger partial charge in [0.05, 0.1) is 23.3 Å². The summed E-state index contributed by atoms with van der Waals surface area (Å²) in [7, 11) is 0. The van der Waals surface area contributed by atoms with Gasteiger partial charge in [-0.15, -0.1) is 0 Å². The van der Waals surface area contributed by atoms with Crippen molar-refractivity contribution in [3.8, 4) is 0 Å². The third kappa shape index (κ3) is 11.4. The number of carboxylic acids is 2. The van der Waals surface area contributed by atoms with Crippen LogP contribution in [0.2, 0.25) is 0 Å². The Morgan fingerprint density at radius 3 is 1.73 bits per heavy atom. The van der Waals surface area contributed by atoms with Crippen LogP contribution in [-0.4, -0.2) is 34.7 Å². The van der Waals surface area contributed by atoms with Crippen molar-refractivity contribution in [1.82, 2.24) is 0 Å². The SMILES string of the molecule is CCCCCCCCCCc1cc(C(=O)O)cc(C(=O)OCCCCCCCC)c1C(=O)O. The molecule has 0 fully saturated rings. The highest BCUT2D eigenvalue weighted by molar-refractivity contribution is 6.05. The Kier molecular flexibility index (Phi) is 14.9. The number of carbonyl (C=O) groups excluding carboxylic acids is 1. The topological polar surface area (TPSA) is 101 Å². The second kappa shape index (κ2) is 17.2. The zero-order valence-electron chi connectivity index (χ0n) is 20.5. The first-order valence-electron chi connectivity index (χ1n) is 12.7. The monoisotopic (exact) mass is 462 g/mol. The van der Waals surface area contributed by atoms with E-state index in [1.807, 2.05) is 0 Å². The number of benzene rings is 1. The fraction of sp³-hybridized carbons (Fsp3) is 0.667. The van der Waals surface area contributed by atoms with Gasteiger partial charge in [0.15, 0.2) is 0 Å². The lowest BCUT2D eigenvalue weighted by atomic mass is 9.93. The number of aromatic carboxylic acids is 2. The highest BCUT2D eigenvalue weighted by atomic mass is 16.5. The minimum Gasteiger partial charge on any atom is -0.478 e. The van der Waals surface area contributed by atoms with Gasteiger partial charge in [0, 0.05) is 0 Å². The van der Waals surface area contributed by atoms with Gasteiger partial charge in [-0.05, 0) is 37.0 Å². The number of esters is 1. The van der Waals surface area contributed by atoms with E-state index in [0.717, 1.165) is 57.4 Å². The van der Waals surface area contributed by atoms with E-state index in [1.54, 1.807) is 0 Å². The first-order valence-corrected chi connectivity index (χ1v) is 12.7. The molecule has 2 N–H and O–H groups in total. The average Bonchev–Trinajstić information content (AvgIpc) is 2.79. The number of aryl methyl sites for hydroxylation is 1. The molecule has 0 saturated heterocycles. The van der Waals surface area contributed by atoms with E-state index in [9.17, 15) is 24.6 Å². The standard InChI is InChI=1S/C27H42O6/c1-3-5-7-9-11-12-13-15-17-21-19-22(25(28)29)20-23(24(21)26(30)31)27(32)33-18-16-14-10-8-6-4-2/h19-20H,3-18H2,1-2H3,(H,28,29)(H,30,31). The number of unbranched alkanes of at least 4 members (excludes halogenated alkanes) is 12. The van der Waals surface area contributed by atoms with Crippen LogP contribution in [0.4, 0.5) is 0 Å². The molecule has 1 rings (SSSR count). The van der Waals surface area contributed by atoms with Crippen LogP contribution in [0, 0.1) is 0 Å². The maximum Gasteiger partial charge on any atom is 0.339 e. The van der Waals surface area contributed by atoms with Gasteiger partial charge in [-0.3, -0.25) is 0 Å². The first-order chi connectivity index (χ1) is 15.9. The summed E-state index contributed by atoms with van der Waals surface area (Å²) >= 11 is 0. The molecule has 186 valence electrons. The minimum absolute atomic E-state index is 0.0823. The quantitative estimate of drug-likeness (QED) is 0.165. The molecule has 0 aromatic heterocycles. The number of carbonyl (C=O) groups is 3. The molecule has 0 aliphatic rings. The van der Waals surface area contributed by atoms with Crippen molar-refractivity contribution in [1.29, 1.82) is 0 Å². The molecule has 0 atom stereocenters. The van der Waals surface area contributed by atoms with Crippen molar-refractivity contribution in [3.63, 3.8) is 0 Å². The molecule has 0 aliphatic heterocycles. The molecular weight excluding hydrogens is 420 g/mol. The van der Waals surface area contributed by atoms with Gasteiger partial charge in [-0.25, -0.2) is 14.4 Å². The Morgan fingerprint density at radius 1 is 0.697 bits per heavy atom. The van der Waals surface area contributed by atoms with Crippen molar-refractivity contribution in [2.45, 2.75) is 110 Å². The summed E-state index contributed by atoms with van der Waals surface area (Å²) in [6.07, 6.45) is 15.5. The van der Waals surface area contributed by atoms with E-state index in [1.165, 1.54) is 38.2 Å². The van der Waals surface area contributed by atoms with E-state index in [2.05, 4.69) is 13.8 Å². The molecule has 0 bridgehead atoms. The lowest BCUT2D eigenvalue weighted by molar-refractivity contribution is 0.0487. The maximum atomic E-state index is 12.7. The van der Waals surface area contributed by atoms with Gasteiger partial charge in [0.1, 0.15) is 0 Å². The van der Waals surface area contributed by atoms with E-state index < -0.39 is 17.9 Å². The summed E-state index contributed by atoms with van der Waals surface area (Å²) in [6.45, 7) is 4.54. The summed E-state index contributed by atoms with van der Waals surface area (Å²) in [5.74, 6) is -3.18. The van der Waals surface area contributed by atoms with Crippen LogP contribution in [0.5, 0.6) is 0 Å². The van der Waals surface area contributed by atoms with Crippen LogP contribution < -0.4 is 0 Å². The zero-order chi connectivity index (χ0) is 24.5. The van der Waals surface area contributed by atoms with E-state index >= 15 is 0 Å². The van der Waals surface area contributed by atoms with Gasteiger partial charge in [0.2, 0.25) is 0 Å². The normalized spacial score (nSPS) is 10.8. The fourth-order valence-corrected chi connectivity index (χ4v) is 4.01. The van der Waals surface area contributed by atoms with Gasteiger partial charge < -0.3 is 14.9 Å². The van der Waals surface area contributed by atoms with Crippen molar-refractivity contribution >= 4 is 17.9 Å². The summed E-state index contributed by atoms with van der Waals surface area (Å²) in [5.41, 5.74) is 0.0137. The number of hydrogen-bond acceptors (Lipinski definition) is 4. The predicted molar refractivity (Wildman–Crippen MR) is 130 cm³/mol. The highest BCUT2D eigenvalue weighted by Crippen LogP contribution is 2.23. The molecule has 0 aliphatic carbocycles. The predicted octanol–water partition coefficient (Wildman–Crippen LogP) is 7.28. The van der Waals surface area contributed by atoms with E-state index in [4.69, 9.17) is 4.74 Å². The molecule has 0 heterocycles. The third-order valence-corrected chi connectivity index (χ3v) is 5.93. The largest absolute Gasteiger partial charge is 0.478 e. The molecule has 0 unspecified atom stereocenters. The summed E-state index contributed by atoms with van der Waals surface area (Å²) in [5, 5.41) is 19.3. The molecule has 6 heteroatoms.